The van der Waals surface area contributed by atoms with Gasteiger partial charge in [0.2, 0.25) is 5.91 Å². The van der Waals surface area contributed by atoms with Gasteiger partial charge in [0.25, 0.3) is 0 Å². The molecule has 1 heterocycles. The molecular formula is C13H17NO2. The van der Waals surface area contributed by atoms with Gasteiger partial charge in [0.15, 0.2) is 0 Å². The van der Waals surface area contributed by atoms with E-state index in [0.29, 0.717) is 13.0 Å². The molecule has 3 nitrogen and oxygen atoms in total. The van der Waals surface area contributed by atoms with Gasteiger partial charge in [-0.2, -0.15) is 0 Å². The Kier molecular flexibility index (Phi) is 3.13. The van der Waals surface area contributed by atoms with Crippen LogP contribution in [0.15, 0.2) is 18.2 Å². The third kappa shape index (κ3) is 2.18. The summed E-state index contributed by atoms with van der Waals surface area (Å²) in [6.07, 6.45) is 1.38. The van der Waals surface area contributed by atoms with Gasteiger partial charge in [-0.05, 0) is 13.0 Å². The first-order valence-electron chi connectivity index (χ1n) is 5.73. The lowest BCUT2D eigenvalue weighted by atomic mass is 9.98. The van der Waals surface area contributed by atoms with Crippen LogP contribution in [-0.2, 0) is 4.79 Å². The molecule has 1 N–H and O–H groups in total. The fraction of sp³-hybridized carbons (Fsp3) is 0.462. The Labute approximate surface area is 95.8 Å². The molecule has 0 saturated heterocycles. The van der Waals surface area contributed by atoms with Crippen LogP contribution < -0.4 is 10.1 Å². The van der Waals surface area contributed by atoms with E-state index in [4.69, 9.17) is 4.74 Å². The molecule has 0 radical (unpaired) electrons. The van der Waals surface area contributed by atoms with Gasteiger partial charge in [0.1, 0.15) is 5.75 Å². The molecule has 0 spiro atoms. The van der Waals surface area contributed by atoms with Crippen molar-refractivity contribution >= 4 is 5.91 Å². The molecule has 1 atom stereocenters. The molecule has 0 fully saturated rings. The maximum Gasteiger partial charge on any atom is 0.220 e. The summed E-state index contributed by atoms with van der Waals surface area (Å²) in [7, 11) is 0. The summed E-state index contributed by atoms with van der Waals surface area (Å²) in [5.74, 6) is 0.998. The van der Waals surface area contributed by atoms with Gasteiger partial charge in [-0.1, -0.05) is 24.6 Å². The molecule has 1 aromatic carbocycles. The standard InChI is InChI=1S/C13H17NO2/c1-3-13(15)14-11-6-7-16-12-5-4-9(2)8-10(11)12/h4-5,8,11H,3,6-7H2,1-2H3,(H,14,15). The average molecular weight is 219 g/mol. The molecular weight excluding hydrogens is 202 g/mol. The predicted octanol–water partition coefficient (Wildman–Crippen LogP) is 2.34. The highest BCUT2D eigenvalue weighted by Crippen LogP contribution is 2.32. The van der Waals surface area contributed by atoms with Crippen molar-refractivity contribution < 1.29 is 9.53 Å². The number of nitrogens with one attached hydrogen (secondary N) is 1. The molecule has 1 unspecified atom stereocenters. The van der Waals surface area contributed by atoms with Gasteiger partial charge in [0, 0.05) is 18.4 Å². The van der Waals surface area contributed by atoms with Crippen LogP contribution in [0.5, 0.6) is 5.75 Å². The van der Waals surface area contributed by atoms with Gasteiger partial charge < -0.3 is 10.1 Å². The van der Waals surface area contributed by atoms with Crippen molar-refractivity contribution in [2.45, 2.75) is 32.7 Å². The zero-order chi connectivity index (χ0) is 11.5. The zero-order valence-corrected chi connectivity index (χ0v) is 9.75. The van der Waals surface area contributed by atoms with Crippen LogP contribution in [0.1, 0.15) is 36.9 Å². The molecule has 16 heavy (non-hydrogen) atoms. The lowest BCUT2D eigenvalue weighted by molar-refractivity contribution is -0.121. The van der Waals surface area contributed by atoms with Crippen molar-refractivity contribution in [1.29, 1.82) is 0 Å². The third-order valence-corrected chi connectivity index (χ3v) is 2.86. The van der Waals surface area contributed by atoms with E-state index in [-0.39, 0.29) is 11.9 Å². The number of benzene rings is 1. The maximum absolute atomic E-state index is 11.4. The van der Waals surface area contributed by atoms with E-state index in [2.05, 4.69) is 11.4 Å². The second kappa shape index (κ2) is 4.56. The van der Waals surface area contributed by atoms with Gasteiger partial charge in [-0.15, -0.1) is 0 Å². The number of aryl methyl sites for hydroxylation is 1. The first-order chi connectivity index (χ1) is 7.70. The molecule has 0 aliphatic carbocycles. The number of hydrogen-bond donors (Lipinski definition) is 1. The number of ether oxygens (including phenoxy) is 1. The second-order valence-electron chi connectivity index (χ2n) is 4.15. The van der Waals surface area contributed by atoms with Crippen LogP contribution in [0.4, 0.5) is 0 Å². The normalized spacial score (nSPS) is 18.5. The highest BCUT2D eigenvalue weighted by molar-refractivity contribution is 5.76. The quantitative estimate of drug-likeness (QED) is 0.829. The number of rotatable bonds is 2. The minimum absolute atomic E-state index is 0.0966. The van der Waals surface area contributed by atoms with Gasteiger partial charge >= 0.3 is 0 Å². The third-order valence-electron chi connectivity index (χ3n) is 2.86. The molecule has 0 saturated carbocycles. The Bertz CT molecular complexity index is 401. The van der Waals surface area contributed by atoms with E-state index in [1.54, 1.807) is 0 Å². The van der Waals surface area contributed by atoms with E-state index in [1.807, 2.05) is 26.0 Å². The molecule has 0 aromatic heterocycles. The van der Waals surface area contributed by atoms with Crippen molar-refractivity contribution in [3.05, 3.63) is 29.3 Å². The van der Waals surface area contributed by atoms with E-state index >= 15 is 0 Å². The molecule has 1 aliphatic rings. The summed E-state index contributed by atoms with van der Waals surface area (Å²) in [4.78, 5) is 11.4. The summed E-state index contributed by atoms with van der Waals surface area (Å²) < 4.78 is 5.57. The number of fused-ring (bicyclic) bond motifs is 1. The monoisotopic (exact) mass is 219 g/mol. The van der Waals surface area contributed by atoms with Crippen LogP contribution in [0.2, 0.25) is 0 Å². The highest BCUT2D eigenvalue weighted by atomic mass is 16.5. The predicted molar refractivity (Wildman–Crippen MR) is 62.5 cm³/mol. The van der Waals surface area contributed by atoms with Gasteiger partial charge in [-0.3, -0.25) is 4.79 Å². The lowest BCUT2D eigenvalue weighted by Gasteiger charge is -2.27. The van der Waals surface area contributed by atoms with Crippen LogP contribution in [0.25, 0.3) is 0 Å². The Hall–Kier alpha value is -1.51. The first-order valence-corrected chi connectivity index (χ1v) is 5.73. The summed E-state index contributed by atoms with van der Waals surface area (Å²) in [5.41, 5.74) is 2.30. The minimum Gasteiger partial charge on any atom is -0.493 e. The summed E-state index contributed by atoms with van der Waals surface area (Å²) in [5, 5.41) is 3.03. The molecule has 2 rings (SSSR count). The molecule has 86 valence electrons. The molecule has 1 aromatic rings. The van der Waals surface area contributed by atoms with Crippen LogP contribution >= 0.6 is 0 Å². The van der Waals surface area contributed by atoms with Crippen LogP contribution in [-0.4, -0.2) is 12.5 Å². The van der Waals surface area contributed by atoms with Crippen molar-refractivity contribution in [2.24, 2.45) is 0 Å². The second-order valence-corrected chi connectivity index (χ2v) is 4.15. The maximum atomic E-state index is 11.4. The van der Waals surface area contributed by atoms with E-state index in [1.165, 1.54) is 5.56 Å². The largest absolute Gasteiger partial charge is 0.493 e. The highest BCUT2D eigenvalue weighted by Gasteiger charge is 2.22. The van der Waals surface area contributed by atoms with Crippen molar-refractivity contribution in [2.75, 3.05) is 6.61 Å². The smallest absolute Gasteiger partial charge is 0.220 e. The van der Waals surface area contributed by atoms with E-state index < -0.39 is 0 Å². The minimum atomic E-state index is 0.0966. The fourth-order valence-corrected chi connectivity index (χ4v) is 1.96. The number of hydrogen-bond acceptors (Lipinski definition) is 2. The molecule has 1 aliphatic heterocycles. The molecule has 0 bridgehead atoms. The Morgan fingerprint density at radius 3 is 3.12 bits per heavy atom. The van der Waals surface area contributed by atoms with Crippen LogP contribution in [0.3, 0.4) is 0 Å². The van der Waals surface area contributed by atoms with E-state index in [9.17, 15) is 4.79 Å². The molecule has 3 heteroatoms. The van der Waals surface area contributed by atoms with Gasteiger partial charge in [0.05, 0.1) is 12.6 Å². The Balaban J connectivity index is 2.24. The fourth-order valence-electron chi connectivity index (χ4n) is 1.96. The molecule has 1 amide bonds. The Morgan fingerprint density at radius 2 is 2.38 bits per heavy atom. The number of amides is 1. The van der Waals surface area contributed by atoms with Crippen molar-refractivity contribution in [3.8, 4) is 5.75 Å². The van der Waals surface area contributed by atoms with Crippen molar-refractivity contribution in [3.63, 3.8) is 0 Å². The zero-order valence-electron chi connectivity index (χ0n) is 9.75. The average Bonchev–Trinajstić information content (AvgIpc) is 2.29. The van der Waals surface area contributed by atoms with E-state index in [0.717, 1.165) is 17.7 Å². The topological polar surface area (TPSA) is 38.3 Å². The summed E-state index contributed by atoms with van der Waals surface area (Å²) in [6, 6.07) is 6.21. The number of carbonyl (C=O) groups is 1. The number of carbonyl (C=O) groups excluding carboxylic acids is 1. The first kappa shape index (κ1) is 11.0. The van der Waals surface area contributed by atoms with Crippen molar-refractivity contribution in [1.82, 2.24) is 5.32 Å². The summed E-state index contributed by atoms with van der Waals surface area (Å²) in [6.45, 7) is 4.59. The Morgan fingerprint density at radius 1 is 1.56 bits per heavy atom. The van der Waals surface area contributed by atoms with Crippen LogP contribution in [0, 0.1) is 6.92 Å². The lowest BCUT2D eigenvalue weighted by Crippen LogP contribution is -2.31. The summed E-state index contributed by atoms with van der Waals surface area (Å²) >= 11 is 0. The van der Waals surface area contributed by atoms with Gasteiger partial charge in [-0.25, -0.2) is 0 Å². The SMILES string of the molecule is CCC(=O)NC1CCOc2ccc(C)cc21.